The molecule has 1 aromatic carbocycles. The summed E-state index contributed by atoms with van der Waals surface area (Å²) in [7, 11) is 1.62. The van der Waals surface area contributed by atoms with E-state index in [2.05, 4.69) is 17.2 Å². The molecule has 0 aliphatic carbocycles. The number of aromatic nitrogens is 1. The molecule has 3 nitrogen and oxygen atoms in total. The van der Waals surface area contributed by atoms with Crippen molar-refractivity contribution in [2.24, 2.45) is 0 Å². The molecule has 2 rings (SSSR count). The van der Waals surface area contributed by atoms with E-state index in [0.29, 0.717) is 28.7 Å². The van der Waals surface area contributed by atoms with Gasteiger partial charge < -0.3 is 10.1 Å². The van der Waals surface area contributed by atoms with Crippen LogP contribution in [0.1, 0.15) is 23.9 Å². The Labute approximate surface area is 133 Å². The van der Waals surface area contributed by atoms with Gasteiger partial charge in [0, 0.05) is 18.5 Å². The number of methoxy groups -OCH3 is 1. The molecule has 1 aromatic heterocycles. The van der Waals surface area contributed by atoms with Crippen molar-refractivity contribution < 1.29 is 9.13 Å². The fourth-order valence-electron chi connectivity index (χ4n) is 1.96. The number of nitrogens with zero attached hydrogens (tertiary/aromatic N) is 1. The molecule has 0 bridgehead atoms. The molecule has 1 heterocycles. The molecule has 1 N–H and O–H groups in total. The van der Waals surface area contributed by atoms with Crippen LogP contribution >= 0.6 is 22.9 Å². The Bertz CT molecular complexity index is 583. The molecule has 0 aliphatic heterocycles. The molecule has 0 radical (unpaired) electrons. The Kier molecular flexibility index (Phi) is 6.11. The summed E-state index contributed by atoms with van der Waals surface area (Å²) in [5, 5.41) is 4.30. The number of nitrogens with one attached hydrogen (secondary N) is 1. The number of halogens is 2. The van der Waals surface area contributed by atoms with Crippen molar-refractivity contribution in [1.82, 2.24) is 10.3 Å². The monoisotopic (exact) mass is 328 g/mol. The van der Waals surface area contributed by atoms with Gasteiger partial charge in [-0.2, -0.15) is 0 Å². The Morgan fingerprint density at radius 2 is 2.24 bits per heavy atom. The Hall–Kier alpha value is -1.01. The normalized spacial score (nSPS) is 11.0. The van der Waals surface area contributed by atoms with E-state index in [1.807, 2.05) is 0 Å². The van der Waals surface area contributed by atoms with Crippen LogP contribution in [0.3, 0.4) is 0 Å². The standard InChI is InChI=1S/C15H18ClFN2OS/c1-3-7-18-8-13-12(9-20-2)19-15(21-13)14-10(16)5-4-6-11(14)17/h4-6,18H,3,7-9H2,1-2H3. The molecule has 0 spiro atoms. The summed E-state index contributed by atoms with van der Waals surface area (Å²) in [6.45, 7) is 4.16. The van der Waals surface area contributed by atoms with Crippen molar-refractivity contribution >= 4 is 22.9 Å². The average molecular weight is 329 g/mol. The first kappa shape index (κ1) is 16.4. The minimum Gasteiger partial charge on any atom is -0.378 e. The lowest BCUT2D eigenvalue weighted by molar-refractivity contribution is 0.181. The lowest BCUT2D eigenvalue weighted by Crippen LogP contribution is -2.14. The minimum atomic E-state index is -0.353. The molecule has 0 amide bonds. The van der Waals surface area contributed by atoms with Crippen LogP contribution in [0.15, 0.2) is 18.2 Å². The van der Waals surface area contributed by atoms with E-state index < -0.39 is 0 Å². The second-order valence-electron chi connectivity index (χ2n) is 4.60. The first-order valence-corrected chi connectivity index (χ1v) is 7.99. The zero-order valence-electron chi connectivity index (χ0n) is 12.1. The first-order chi connectivity index (χ1) is 10.2. The average Bonchev–Trinajstić information content (AvgIpc) is 2.82. The third kappa shape index (κ3) is 4.01. The van der Waals surface area contributed by atoms with Crippen molar-refractivity contribution in [3.05, 3.63) is 39.6 Å². The van der Waals surface area contributed by atoms with Gasteiger partial charge in [0.25, 0.3) is 0 Å². The van der Waals surface area contributed by atoms with Gasteiger partial charge >= 0.3 is 0 Å². The molecule has 2 aromatic rings. The highest BCUT2D eigenvalue weighted by Gasteiger charge is 2.17. The molecule has 0 unspecified atom stereocenters. The van der Waals surface area contributed by atoms with Crippen LogP contribution in [0.25, 0.3) is 10.6 Å². The van der Waals surface area contributed by atoms with Crippen LogP contribution in [0.2, 0.25) is 5.02 Å². The SMILES string of the molecule is CCCNCc1sc(-c2c(F)cccc2Cl)nc1COC. The van der Waals surface area contributed by atoms with Gasteiger partial charge in [-0.1, -0.05) is 24.6 Å². The number of benzene rings is 1. The van der Waals surface area contributed by atoms with E-state index in [9.17, 15) is 4.39 Å². The van der Waals surface area contributed by atoms with Crippen LogP contribution in [0.4, 0.5) is 4.39 Å². The summed E-state index contributed by atoms with van der Waals surface area (Å²) in [6.07, 6.45) is 1.06. The maximum atomic E-state index is 14.0. The summed E-state index contributed by atoms with van der Waals surface area (Å²) in [5.74, 6) is -0.353. The number of hydrogen-bond donors (Lipinski definition) is 1. The third-order valence-corrected chi connectivity index (χ3v) is 4.38. The maximum absolute atomic E-state index is 14.0. The number of rotatable bonds is 7. The molecule has 114 valence electrons. The van der Waals surface area contributed by atoms with E-state index in [1.54, 1.807) is 19.2 Å². The van der Waals surface area contributed by atoms with Gasteiger partial charge in [0.15, 0.2) is 0 Å². The lowest BCUT2D eigenvalue weighted by Gasteiger charge is -2.02. The number of hydrogen-bond acceptors (Lipinski definition) is 4. The molecule has 0 atom stereocenters. The number of ether oxygens (including phenoxy) is 1. The van der Waals surface area contributed by atoms with Crippen molar-refractivity contribution in [3.63, 3.8) is 0 Å². The predicted molar refractivity (Wildman–Crippen MR) is 85.2 cm³/mol. The largest absolute Gasteiger partial charge is 0.378 e. The third-order valence-electron chi connectivity index (χ3n) is 2.95. The van der Waals surface area contributed by atoms with Crippen molar-refractivity contribution in [2.75, 3.05) is 13.7 Å². The molecule has 6 heteroatoms. The molecule has 21 heavy (non-hydrogen) atoms. The van der Waals surface area contributed by atoms with Gasteiger partial charge in [0.05, 0.1) is 22.9 Å². The van der Waals surface area contributed by atoms with Gasteiger partial charge in [0.2, 0.25) is 0 Å². The molecular weight excluding hydrogens is 311 g/mol. The van der Waals surface area contributed by atoms with Gasteiger partial charge in [-0.15, -0.1) is 11.3 Å². The summed E-state index contributed by atoms with van der Waals surface area (Å²) < 4.78 is 19.2. The van der Waals surface area contributed by atoms with E-state index >= 15 is 0 Å². The van der Waals surface area contributed by atoms with E-state index in [-0.39, 0.29) is 5.82 Å². The van der Waals surface area contributed by atoms with E-state index in [0.717, 1.165) is 23.5 Å². The fourth-order valence-corrected chi connectivity index (χ4v) is 3.36. The highest BCUT2D eigenvalue weighted by molar-refractivity contribution is 7.15. The second-order valence-corrected chi connectivity index (χ2v) is 6.09. The van der Waals surface area contributed by atoms with Crippen molar-refractivity contribution in [2.45, 2.75) is 26.5 Å². The highest BCUT2D eigenvalue weighted by Crippen LogP contribution is 2.35. The fraction of sp³-hybridized carbons (Fsp3) is 0.400. The van der Waals surface area contributed by atoms with Crippen molar-refractivity contribution in [1.29, 1.82) is 0 Å². The zero-order chi connectivity index (χ0) is 15.2. The zero-order valence-corrected chi connectivity index (χ0v) is 13.7. The van der Waals surface area contributed by atoms with Gasteiger partial charge in [-0.05, 0) is 25.1 Å². The van der Waals surface area contributed by atoms with E-state index in [4.69, 9.17) is 16.3 Å². The summed E-state index contributed by atoms with van der Waals surface area (Å²) in [5.41, 5.74) is 1.20. The first-order valence-electron chi connectivity index (χ1n) is 6.80. The maximum Gasteiger partial charge on any atom is 0.134 e. The molecule has 0 aliphatic rings. The van der Waals surface area contributed by atoms with Crippen LogP contribution < -0.4 is 5.32 Å². The van der Waals surface area contributed by atoms with E-state index in [1.165, 1.54) is 17.4 Å². The van der Waals surface area contributed by atoms with Crippen LogP contribution in [-0.2, 0) is 17.9 Å². The summed E-state index contributed by atoms with van der Waals surface area (Å²) in [4.78, 5) is 5.55. The Balaban J connectivity index is 2.34. The summed E-state index contributed by atoms with van der Waals surface area (Å²) >= 11 is 7.56. The topological polar surface area (TPSA) is 34.2 Å². The molecule has 0 saturated carbocycles. The molecule has 0 fully saturated rings. The Morgan fingerprint density at radius 1 is 1.43 bits per heavy atom. The minimum absolute atomic E-state index is 0.353. The predicted octanol–water partition coefficient (Wildman–Crippen LogP) is 4.25. The number of thiazole rings is 1. The molecule has 0 saturated heterocycles. The lowest BCUT2D eigenvalue weighted by atomic mass is 10.2. The Morgan fingerprint density at radius 3 is 2.90 bits per heavy atom. The quantitative estimate of drug-likeness (QED) is 0.772. The molecular formula is C15H18ClFN2OS. The van der Waals surface area contributed by atoms with Gasteiger partial charge in [0.1, 0.15) is 10.8 Å². The van der Waals surface area contributed by atoms with Crippen LogP contribution in [0, 0.1) is 5.82 Å². The van der Waals surface area contributed by atoms with Crippen molar-refractivity contribution in [3.8, 4) is 10.6 Å². The van der Waals surface area contributed by atoms with Crippen LogP contribution in [0.5, 0.6) is 0 Å². The van der Waals surface area contributed by atoms with Gasteiger partial charge in [-0.3, -0.25) is 0 Å². The highest BCUT2D eigenvalue weighted by atomic mass is 35.5. The van der Waals surface area contributed by atoms with Gasteiger partial charge in [-0.25, -0.2) is 9.37 Å². The summed E-state index contributed by atoms with van der Waals surface area (Å²) in [6, 6.07) is 4.66. The second kappa shape index (κ2) is 7.84. The van der Waals surface area contributed by atoms with Crippen LogP contribution in [-0.4, -0.2) is 18.6 Å². The smallest absolute Gasteiger partial charge is 0.134 e.